The number of nitro groups is 1. The summed E-state index contributed by atoms with van der Waals surface area (Å²) < 4.78 is 28.3. The molecule has 1 aromatic carbocycles. The first-order chi connectivity index (χ1) is 12.7. The van der Waals surface area contributed by atoms with Gasteiger partial charge in [0.1, 0.15) is 0 Å². The van der Waals surface area contributed by atoms with Crippen LogP contribution in [0, 0.1) is 17.0 Å². The van der Waals surface area contributed by atoms with Crippen molar-refractivity contribution in [1.82, 2.24) is 14.1 Å². The lowest BCUT2D eigenvalue weighted by atomic mass is 10.2. The largest absolute Gasteiger partial charge is 0.289 e. The molecular formula is C15H11ClN4O5S2. The van der Waals surface area contributed by atoms with E-state index in [0.29, 0.717) is 10.7 Å². The summed E-state index contributed by atoms with van der Waals surface area (Å²) in [7, 11) is -4.19. The Hall–Kier alpha value is -2.76. The number of halogens is 1. The molecule has 0 aliphatic rings. The maximum atomic E-state index is 12.4. The molecule has 0 radical (unpaired) electrons. The molecule has 1 N–H and O–H groups in total. The van der Waals surface area contributed by atoms with Gasteiger partial charge in [0.05, 0.1) is 15.5 Å². The minimum Gasteiger partial charge on any atom is -0.289 e. The van der Waals surface area contributed by atoms with Crippen molar-refractivity contribution in [3.05, 3.63) is 62.4 Å². The highest BCUT2D eigenvalue weighted by molar-refractivity contribution is 7.90. The van der Waals surface area contributed by atoms with Gasteiger partial charge in [-0.25, -0.2) is 18.1 Å². The second kappa shape index (κ2) is 7.10. The fraction of sp³-hybridized carbons (Fsp3) is 0.0667. The second-order valence-corrected chi connectivity index (χ2v) is 8.24. The van der Waals surface area contributed by atoms with Crippen molar-refractivity contribution in [3.63, 3.8) is 0 Å². The van der Waals surface area contributed by atoms with E-state index in [9.17, 15) is 23.3 Å². The molecule has 0 aliphatic heterocycles. The van der Waals surface area contributed by atoms with E-state index in [4.69, 9.17) is 11.6 Å². The van der Waals surface area contributed by atoms with E-state index in [1.807, 2.05) is 4.72 Å². The van der Waals surface area contributed by atoms with Crippen molar-refractivity contribution in [2.24, 2.45) is 0 Å². The number of benzene rings is 1. The van der Waals surface area contributed by atoms with Crippen LogP contribution in [0.5, 0.6) is 0 Å². The Bertz CT molecular complexity index is 1200. The van der Waals surface area contributed by atoms with Gasteiger partial charge in [0.25, 0.3) is 21.6 Å². The molecule has 27 heavy (non-hydrogen) atoms. The number of hydrogen-bond donors (Lipinski definition) is 1. The Morgan fingerprint density at radius 1 is 1.44 bits per heavy atom. The summed E-state index contributed by atoms with van der Waals surface area (Å²) >= 11 is 7.36. The van der Waals surface area contributed by atoms with Crippen molar-refractivity contribution in [3.8, 4) is 0 Å². The third-order valence-electron chi connectivity index (χ3n) is 3.54. The fourth-order valence-electron chi connectivity index (χ4n) is 2.35. The van der Waals surface area contributed by atoms with Crippen LogP contribution in [-0.4, -0.2) is 28.6 Å². The van der Waals surface area contributed by atoms with Crippen molar-refractivity contribution in [2.45, 2.75) is 11.8 Å². The van der Waals surface area contributed by atoms with Crippen molar-refractivity contribution < 1.29 is 18.1 Å². The van der Waals surface area contributed by atoms with Crippen LogP contribution in [0.25, 0.3) is 11.0 Å². The number of nitro benzene ring substituents is 1. The van der Waals surface area contributed by atoms with E-state index in [1.54, 1.807) is 16.0 Å². The lowest BCUT2D eigenvalue weighted by molar-refractivity contribution is -0.385. The van der Waals surface area contributed by atoms with Crippen molar-refractivity contribution in [2.75, 3.05) is 0 Å². The van der Waals surface area contributed by atoms with Gasteiger partial charge < -0.3 is 0 Å². The number of carbonyl (C=O) groups is 1. The molecule has 9 nitrogen and oxygen atoms in total. The zero-order valence-corrected chi connectivity index (χ0v) is 16.0. The second-order valence-electron chi connectivity index (χ2n) is 5.35. The van der Waals surface area contributed by atoms with E-state index in [0.717, 1.165) is 24.3 Å². The molecule has 12 heteroatoms. The summed E-state index contributed by atoms with van der Waals surface area (Å²) in [5, 5.41) is 12.7. The molecule has 0 fully saturated rings. The van der Waals surface area contributed by atoms with Crippen molar-refractivity contribution >= 4 is 55.6 Å². The Labute approximate surface area is 162 Å². The molecule has 3 rings (SSSR count). The molecule has 0 aliphatic carbocycles. The topological polar surface area (TPSA) is 124 Å². The Balaban J connectivity index is 1.81. The predicted octanol–water partition coefficient (Wildman–Crippen LogP) is 2.78. The van der Waals surface area contributed by atoms with Crippen LogP contribution < -0.4 is 4.72 Å². The maximum absolute atomic E-state index is 12.4. The van der Waals surface area contributed by atoms with Crippen LogP contribution in [0.3, 0.4) is 0 Å². The molecule has 0 saturated heterocycles. The smallest absolute Gasteiger partial charge is 0.269 e. The quantitative estimate of drug-likeness (QED) is 0.380. The molecule has 2 heterocycles. The average molecular weight is 427 g/mol. The highest BCUT2D eigenvalue weighted by atomic mass is 35.5. The number of imidazole rings is 1. The summed E-state index contributed by atoms with van der Waals surface area (Å²) in [6, 6.07) is 3.25. The van der Waals surface area contributed by atoms with E-state index in [1.165, 1.54) is 24.3 Å². The summed E-state index contributed by atoms with van der Waals surface area (Å²) in [4.78, 5) is 26.7. The van der Waals surface area contributed by atoms with Crippen LogP contribution in [0.4, 0.5) is 5.69 Å². The molecule has 1 amide bonds. The highest BCUT2D eigenvalue weighted by Gasteiger charge is 2.21. The number of non-ortho nitro benzene ring substituents is 1. The normalized spacial score (nSPS) is 11.9. The third kappa shape index (κ3) is 3.84. The monoisotopic (exact) mass is 426 g/mol. The summed E-state index contributed by atoms with van der Waals surface area (Å²) in [5.74, 6) is -0.894. The number of nitrogens with zero attached hydrogens (tertiary/aromatic N) is 3. The zero-order chi connectivity index (χ0) is 19.8. The molecular weight excluding hydrogens is 416 g/mol. The van der Waals surface area contributed by atoms with Gasteiger partial charge in [0, 0.05) is 29.8 Å². The Kier molecular flexibility index (Phi) is 5.00. The first kappa shape index (κ1) is 19.0. The van der Waals surface area contributed by atoms with Gasteiger partial charge in [0.15, 0.2) is 10.1 Å². The molecule has 3 aromatic rings. The fourth-order valence-corrected chi connectivity index (χ4v) is 4.53. The molecule has 0 bridgehead atoms. The molecule has 0 saturated carbocycles. The van der Waals surface area contributed by atoms with Gasteiger partial charge in [-0.2, -0.15) is 0 Å². The number of hydrogen-bond acceptors (Lipinski definition) is 7. The van der Waals surface area contributed by atoms with Crippen LogP contribution in [0.15, 0.2) is 40.7 Å². The molecule has 2 aromatic heterocycles. The third-order valence-corrected chi connectivity index (χ3v) is 6.08. The SMILES string of the molecule is Cc1cc([N+](=O)[O-])ccc1S(=O)(=O)NC(=O)/C=C/c1c(Cl)nc2sccn12. The van der Waals surface area contributed by atoms with Gasteiger partial charge in [-0.05, 0) is 24.6 Å². The van der Waals surface area contributed by atoms with Crippen LogP contribution in [0.1, 0.15) is 11.3 Å². The lowest BCUT2D eigenvalue weighted by Gasteiger charge is -2.07. The number of fused-ring (bicyclic) bond motifs is 1. The summed E-state index contributed by atoms with van der Waals surface area (Å²) in [5.41, 5.74) is 0.340. The van der Waals surface area contributed by atoms with E-state index in [2.05, 4.69) is 4.98 Å². The average Bonchev–Trinajstić information content (AvgIpc) is 3.12. The number of nitrogens with one attached hydrogen (secondary N) is 1. The van der Waals surface area contributed by atoms with E-state index in [-0.39, 0.29) is 21.3 Å². The molecule has 0 spiro atoms. The first-order valence-electron chi connectivity index (χ1n) is 7.30. The van der Waals surface area contributed by atoms with Crippen molar-refractivity contribution in [1.29, 1.82) is 0 Å². The van der Waals surface area contributed by atoms with Crippen LogP contribution in [-0.2, 0) is 14.8 Å². The number of aromatic nitrogens is 2. The number of carbonyl (C=O) groups excluding carboxylic acids is 1. The molecule has 140 valence electrons. The zero-order valence-electron chi connectivity index (χ0n) is 13.6. The number of thiazole rings is 1. The predicted molar refractivity (Wildman–Crippen MR) is 100 cm³/mol. The van der Waals surface area contributed by atoms with Crippen LogP contribution in [0.2, 0.25) is 5.15 Å². The van der Waals surface area contributed by atoms with E-state index < -0.39 is 20.9 Å². The van der Waals surface area contributed by atoms with Gasteiger partial charge in [-0.1, -0.05) is 11.6 Å². The lowest BCUT2D eigenvalue weighted by Crippen LogP contribution is -2.29. The molecule has 0 atom stereocenters. The molecule has 0 unspecified atom stereocenters. The number of amides is 1. The minimum atomic E-state index is -4.19. The summed E-state index contributed by atoms with van der Waals surface area (Å²) in [6.07, 6.45) is 4.08. The van der Waals surface area contributed by atoms with Gasteiger partial charge >= 0.3 is 0 Å². The highest BCUT2D eigenvalue weighted by Crippen LogP contribution is 2.23. The number of sulfonamides is 1. The van der Waals surface area contributed by atoms with Crippen LogP contribution >= 0.6 is 22.9 Å². The van der Waals surface area contributed by atoms with Gasteiger partial charge in [-0.15, -0.1) is 11.3 Å². The summed E-state index contributed by atoms with van der Waals surface area (Å²) in [6.45, 7) is 1.40. The first-order valence-corrected chi connectivity index (χ1v) is 10.0. The minimum absolute atomic E-state index is 0.146. The maximum Gasteiger partial charge on any atom is 0.269 e. The standard InChI is InChI=1S/C15H11ClN4O5S2/c1-9-8-10(20(22)23)2-4-12(9)27(24,25)18-13(21)5-3-11-14(16)17-15-19(11)6-7-26-15/h2-8H,1H3,(H,18,21)/b5-3+. The van der Waals surface area contributed by atoms with Gasteiger partial charge in [-0.3, -0.25) is 19.3 Å². The van der Waals surface area contributed by atoms with Gasteiger partial charge in [0.2, 0.25) is 0 Å². The Morgan fingerprint density at radius 3 is 2.85 bits per heavy atom. The Morgan fingerprint density at radius 2 is 2.19 bits per heavy atom. The van der Waals surface area contributed by atoms with E-state index >= 15 is 0 Å². The number of rotatable bonds is 5. The number of aryl methyl sites for hydroxylation is 1.